The van der Waals surface area contributed by atoms with Gasteiger partial charge >= 0.3 is 0 Å². The second kappa shape index (κ2) is 13.1. The molecule has 0 aliphatic heterocycles. The van der Waals surface area contributed by atoms with Gasteiger partial charge in [0.25, 0.3) is 0 Å². The maximum Gasteiger partial charge on any atom is 0.0781 e. The fourth-order valence-corrected chi connectivity index (χ4v) is 16.7. The summed E-state index contributed by atoms with van der Waals surface area (Å²) in [5.74, 6) is 0. The first-order valence-electron chi connectivity index (χ1n) is 18.7. The average Bonchev–Trinajstić information content (AvgIpc) is 3.61. The Kier molecular flexibility index (Phi) is 9.42. The number of rotatable bonds is 9. The topological polar surface area (TPSA) is 0 Å². The first-order chi connectivity index (χ1) is 22.8. The predicted molar refractivity (Wildman–Crippen MR) is 215 cm³/mol. The van der Waals surface area contributed by atoms with Crippen LogP contribution in [-0.4, -0.2) is 8.07 Å². The molecule has 2 atom stereocenters. The molecular weight excluding hydrogens is 593 g/mol. The van der Waals surface area contributed by atoms with Crippen LogP contribution in [0.2, 0.25) is 12.1 Å². The van der Waals surface area contributed by atoms with Gasteiger partial charge in [0, 0.05) is 11.1 Å². The predicted octanol–water partition coefficient (Wildman–Crippen LogP) is 14.1. The second-order valence-electron chi connectivity index (χ2n) is 16.8. The van der Waals surface area contributed by atoms with E-state index >= 15 is 0 Å². The molecule has 2 aliphatic carbocycles. The fraction of sp³-hybridized carbons (Fsp3) is 0.404. The number of hydrogen-bond donors (Lipinski definition) is 0. The van der Waals surface area contributed by atoms with Crippen LogP contribution in [0, 0.1) is 0 Å². The Hall–Kier alpha value is -3.42. The van der Waals surface area contributed by atoms with Gasteiger partial charge in [0.1, 0.15) is 0 Å². The van der Waals surface area contributed by atoms with Crippen molar-refractivity contribution in [2.75, 3.05) is 0 Å². The van der Waals surface area contributed by atoms with E-state index in [-0.39, 0.29) is 10.8 Å². The van der Waals surface area contributed by atoms with E-state index in [1.54, 1.807) is 22.3 Å². The molecule has 0 nitrogen and oxygen atoms in total. The molecule has 0 radical (unpaired) electrons. The van der Waals surface area contributed by atoms with Crippen LogP contribution in [0.3, 0.4) is 0 Å². The van der Waals surface area contributed by atoms with Crippen LogP contribution < -0.4 is 0 Å². The Labute approximate surface area is 293 Å². The molecule has 0 aromatic heterocycles. The molecule has 0 saturated carbocycles. The van der Waals surface area contributed by atoms with E-state index in [1.807, 2.05) is 0 Å². The maximum atomic E-state index is 2.63. The van der Waals surface area contributed by atoms with Crippen molar-refractivity contribution in [3.8, 4) is 22.3 Å². The lowest BCUT2D eigenvalue weighted by Crippen LogP contribution is -2.48. The molecule has 250 valence electrons. The third kappa shape index (κ3) is 6.02. The van der Waals surface area contributed by atoms with Gasteiger partial charge in [0.15, 0.2) is 0 Å². The van der Waals surface area contributed by atoms with Crippen molar-refractivity contribution in [3.63, 3.8) is 0 Å². The van der Waals surface area contributed by atoms with Crippen molar-refractivity contribution in [2.45, 2.75) is 123 Å². The minimum atomic E-state index is -2.03. The highest BCUT2D eigenvalue weighted by atomic mass is 28.3. The Morgan fingerprint density at radius 1 is 0.542 bits per heavy atom. The van der Waals surface area contributed by atoms with E-state index < -0.39 is 8.07 Å². The van der Waals surface area contributed by atoms with Gasteiger partial charge < -0.3 is 0 Å². The summed E-state index contributed by atoms with van der Waals surface area (Å²) in [6, 6.07) is 35.9. The molecule has 0 spiro atoms. The zero-order chi connectivity index (χ0) is 34.4. The van der Waals surface area contributed by atoms with Gasteiger partial charge in [0.2, 0.25) is 0 Å². The van der Waals surface area contributed by atoms with Crippen molar-refractivity contribution in [1.82, 2.24) is 0 Å². The minimum absolute atomic E-state index is 0.155. The quantitative estimate of drug-likeness (QED) is 0.158. The normalized spacial score (nSPS) is 17.6. The van der Waals surface area contributed by atoms with Crippen molar-refractivity contribution in [1.29, 1.82) is 0 Å². The van der Waals surface area contributed by atoms with Gasteiger partial charge in [-0.1, -0.05) is 195 Å². The highest BCUT2D eigenvalue weighted by Gasteiger charge is 2.52. The van der Waals surface area contributed by atoms with Crippen molar-refractivity contribution < 1.29 is 0 Å². The highest BCUT2D eigenvalue weighted by molar-refractivity contribution is 6.84. The van der Waals surface area contributed by atoms with E-state index in [9.17, 15) is 0 Å². The maximum absolute atomic E-state index is 2.63. The van der Waals surface area contributed by atoms with E-state index in [4.69, 9.17) is 0 Å². The van der Waals surface area contributed by atoms with Crippen LogP contribution in [0.15, 0.2) is 96.1 Å². The summed E-state index contributed by atoms with van der Waals surface area (Å²) < 4.78 is 0. The molecule has 0 bridgehead atoms. The molecular formula is C47H58Si. The molecule has 2 unspecified atom stereocenters. The molecule has 0 fully saturated rings. The number of hydrogen-bond acceptors (Lipinski definition) is 0. The molecule has 0 heterocycles. The van der Waals surface area contributed by atoms with E-state index in [0.717, 1.165) is 6.42 Å². The Balaban J connectivity index is 1.49. The Morgan fingerprint density at radius 2 is 0.979 bits per heavy atom. The molecule has 0 amide bonds. The largest absolute Gasteiger partial charge is 0.0781 e. The summed E-state index contributed by atoms with van der Waals surface area (Å²) in [5, 5.41) is 0. The third-order valence-electron chi connectivity index (χ3n) is 11.5. The smallest absolute Gasteiger partial charge is 0.0678 e. The van der Waals surface area contributed by atoms with Crippen LogP contribution in [0.1, 0.15) is 133 Å². The van der Waals surface area contributed by atoms with Crippen molar-refractivity contribution in [3.05, 3.63) is 129 Å². The van der Waals surface area contributed by atoms with Gasteiger partial charge in [-0.05, 0) is 79.8 Å². The standard InChI is InChI=1S/C47H58Si/c1-11-28-48(29-12-2,44-32(4)30-42-38(16-14-18-40(42)44)34-20-24-36(25-21-34)46(5,6)7)45-33(13-3)31-43-39(17-15-19-41(43)45)35-22-26-37(27-23-35)47(8,9)10/h14-27,30-31,44-45H,11-13,28-29H2,1-10H3. The molecule has 0 N–H and O–H groups in total. The van der Waals surface area contributed by atoms with Crippen LogP contribution in [0.5, 0.6) is 0 Å². The molecule has 4 aromatic rings. The number of benzene rings is 4. The molecule has 4 aromatic carbocycles. The van der Waals surface area contributed by atoms with Crippen LogP contribution in [0.4, 0.5) is 0 Å². The lowest BCUT2D eigenvalue weighted by Gasteiger charge is -2.45. The molecule has 6 rings (SSSR count). The summed E-state index contributed by atoms with van der Waals surface area (Å²) in [7, 11) is -2.03. The SMILES string of the molecule is CCC[Si](CCC)(C1C(C)=Cc2c(-c3ccc(C(C)(C)C)cc3)cccc21)C1C(CC)=Cc2c(-c3ccc(C(C)(C)C)cc3)cccc21. The molecule has 1 heteroatoms. The van der Waals surface area contributed by atoms with Gasteiger partial charge in [-0.3, -0.25) is 0 Å². The van der Waals surface area contributed by atoms with Gasteiger partial charge in [-0.2, -0.15) is 0 Å². The van der Waals surface area contributed by atoms with E-state index in [0.29, 0.717) is 11.1 Å². The number of fused-ring (bicyclic) bond motifs is 2. The minimum Gasteiger partial charge on any atom is -0.0678 e. The van der Waals surface area contributed by atoms with Gasteiger partial charge in [0.05, 0.1) is 8.07 Å². The summed E-state index contributed by atoms with van der Waals surface area (Å²) in [6.45, 7) is 23.6. The van der Waals surface area contributed by atoms with Crippen molar-refractivity contribution in [2.24, 2.45) is 0 Å². The second-order valence-corrected chi connectivity index (χ2v) is 21.5. The fourth-order valence-electron chi connectivity index (χ4n) is 9.37. The van der Waals surface area contributed by atoms with Gasteiger partial charge in [-0.25, -0.2) is 0 Å². The molecule has 0 saturated heterocycles. The first-order valence-corrected chi connectivity index (χ1v) is 21.3. The summed E-state index contributed by atoms with van der Waals surface area (Å²) in [6.07, 6.45) is 8.82. The summed E-state index contributed by atoms with van der Waals surface area (Å²) >= 11 is 0. The average molecular weight is 651 g/mol. The van der Waals surface area contributed by atoms with Crippen LogP contribution in [-0.2, 0) is 10.8 Å². The van der Waals surface area contributed by atoms with Crippen LogP contribution >= 0.6 is 0 Å². The van der Waals surface area contributed by atoms with Crippen molar-refractivity contribution >= 4 is 20.2 Å². The Morgan fingerprint density at radius 3 is 1.40 bits per heavy atom. The van der Waals surface area contributed by atoms with E-state index in [2.05, 4.69) is 166 Å². The number of allylic oxidation sites excluding steroid dienone is 2. The van der Waals surface area contributed by atoms with E-state index in [1.165, 1.54) is 69.4 Å². The summed E-state index contributed by atoms with van der Waals surface area (Å²) in [4.78, 5) is 0. The monoisotopic (exact) mass is 650 g/mol. The zero-order valence-corrected chi connectivity index (χ0v) is 32.4. The third-order valence-corrected chi connectivity index (χ3v) is 18.2. The lowest BCUT2D eigenvalue weighted by molar-refractivity contribution is 0.590. The lowest BCUT2D eigenvalue weighted by atomic mass is 9.86. The Bertz CT molecular complexity index is 1830. The highest BCUT2D eigenvalue weighted by Crippen LogP contribution is 2.58. The first kappa shape index (κ1) is 34.4. The summed E-state index contributed by atoms with van der Waals surface area (Å²) in [5.41, 5.74) is 19.1. The van der Waals surface area contributed by atoms with Crippen LogP contribution in [0.25, 0.3) is 34.4 Å². The zero-order valence-electron chi connectivity index (χ0n) is 31.4. The molecule has 48 heavy (non-hydrogen) atoms. The van der Waals surface area contributed by atoms with Gasteiger partial charge in [-0.15, -0.1) is 0 Å². The molecule has 2 aliphatic rings.